The molecule has 0 bridgehead atoms. The minimum atomic E-state index is -3.33. The maximum atomic E-state index is 16.0. The first kappa shape index (κ1) is 21.5. The third-order valence-corrected chi connectivity index (χ3v) is 11.0. The second-order valence-electron chi connectivity index (χ2n) is 9.69. The van der Waals surface area contributed by atoms with E-state index in [-0.39, 0.29) is 0 Å². The maximum Gasteiger partial charge on any atom is 0.172 e. The number of pyridine rings is 2. The van der Waals surface area contributed by atoms with Crippen LogP contribution in [0.4, 0.5) is 0 Å². The molecular formula is C34H21N2OP. The summed E-state index contributed by atoms with van der Waals surface area (Å²) in [4.78, 5) is 9.82. The zero-order valence-corrected chi connectivity index (χ0v) is 21.3. The van der Waals surface area contributed by atoms with Crippen LogP contribution in [0.25, 0.3) is 54.8 Å². The third kappa shape index (κ3) is 2.77. The molecular weight excluding hydrogens is 483 g/mol. The lowest BCUT2D eigenvalue weighted by Crippen LogP contribution is -2.26. The van der Waals surface area contributed by atoms with Gasteiger partial charge in [0.2, 0.25) is 0 Å². The van der Waals surface area contributed by atoms with Gasteiger partial charge in [0, 0.05) is 50.2 Å². The van der Waals surface area contributed by atoms with Gasteiger partial charge in [-0.15, -0.1) is 0 Å². The fraction of sp³-hybridized carbons (Fsp3) is 0. The number of hydrogen-bond acceptors (Lipinski definition) is 3. The fourth-order valence-corrected chi connectivity index (χ4v) is 9.46. The lowest BCUT2D eigenvalue weighted by atomic mass is 9.89. The van der Waals surface area contributed by atoms with Crippen LogP contribution in [0.15, 0.2) is 128 Å². The Morgan fingerprint density at radius 2 is 0.921 bits per heavy atom. The van der Waals surface area contributed by atoms with E-state index in [9.17, 15) is 0 Å². The number of fused-ring (bicyclic) bond motifs is 11. The van der Waals surface area contributed by atoms with E-state index < -0.39 is 7.14 Å². The highest BCUT2D eigenvalue weighted by molar-refractivity contribution is 7.86. The largest absolute Gasteiger partial charge is 0.309 e. The summed E-state index contributed by atoms with van der Waals surface area (Å²) in [5, 5.41) is 6.72. The predicted octanol–water partition coefficient (Wildman–Crippen LogP) is 7.22. The molecule has 178 valence electrons. The number of aromatic nitrogens is 2. The molecule has 2 aromatic heterocycles. The van der Waals surface area contributed by atoms with Gasteiger partial charge in [-0.05, 0) is 34.0 Å². The van der Waals surface area contributed by atoms with Crippen molar-refractivity contribution in [2.45, 2.75) is 0 Å². The molecule has 8 rings (SSSR count). The van der Waals surface area contributed by atoms with E-state index >= 15 is 4.57 Å². The van der Waals surface area contributed by atoms with Gasteiger partial charge in [-0.1, -0.05) is 103 Å². The summed E-state index contributed by atoms with van der Waals surface area (Å²) in [5.74, 6) is 0. The van der Waals surface area contributed by atoms with Crippen molar-refractivity contribution in [1.82, 2.24) is 9.97 Å². The second kappa shape index (κ2) is 7.95. The molecule has 0 saturated heterocycles. The summed E-state index contributed by atoms with van der Waals surface area (Å²) < 4.78 is 16.0. The zero-order valence-electron chi connectivity index (χ0n) is 20.4. The summed E-state index contributed by atoms with van der Waals surface area (Å²) in [6.45, 7) is 0. The number of benzene rings is 5. The molecule has 1 aliphatic heterocycles. The van der Waals surface area contributed by atoms with Crippen molar-refractivity contribution in [3.63, 3.8) is 0 Å². The van der Waals surface area contributed by atoms with Crippen LogP contribution >= 0.6 is 7.14 Å². The molecule has 0 spiro atoms. The van der Waals surface area contributed by atoms with Gasteiger partial charge in [0.1, 0.15) is 0 Å². The van der Waals surface area contributed by atoms with Crippen LogP contribution in [0.2, 0.25) is 0 Å². The molecule has 0 unspecified atom stereocenters. The monoisotopic (exact) mass is 504 g/mol. The maximum absolute atomic E-state index is 16.0. The first-order valence-corrected chi connectivity index (χ1v) is 14.4. The average Bonchev–Trinajstić information content (AvgIpc) is 3.09. The van der Waals surface area contributed by atoms with Gasteiger partial charge in [0.25, 0.3) is 0 Å². The standard InChI is InChI=1S/C34H21N2OP/c37-38(28-19-7-11-22-10-1-2-12-23(22)28)29-17-5-3-13-26(29)31-32(27-14-4-6-18-30(27)38)34-25(16-9-21-36-34)24-15-8-20-35-33(24)31/h1-21H. The minimum absolute atomic E-state index is 0.838. The molecule has 5 aromatic carbocycles. The Bertz CT molecular complexity index is 2020. The van der Waals surface area contributed by atoms with E-state index in [1.165, 1.54) is 0 Å². The number of hydrogen-bond donors (Lipinski definition) is 0. The molecule has 3 heterocycles. The van der Waals surface area contributed by atoms with Crippen LogP contribution in [-0.4, -0.2) is 9.97 Å². The number of rotatable bonds is 1. The molecule has 1 aliphatic rings. The van der Waals surface area contributed by atoms with Crippen molar-refractivity contribution < 1.29 is 4.57 Å². The van der Waals surface area contributed by atoms with Crippen molar-refractivity contribution in [3.05, 3.63) is 128 Å². The molecule has 3 nitrogen and oxygen atoms in total. The van der Waals surface area contributed by atoms with Crippen LogP contribution in [0.3, 0.4) is 0 Å². The van der Waals surface area contributed by atoms with Crippen LogP contribution in [0, 0.1) is 0 Å². The SMILES string of the molecule is O=P1(c2cccc3ccccc23)c2ccccc2-c2c(c3ncccc3c3cccnc23)-c2ccccc21. The van der Waals surface area contributed by atoms with E-state index in [2.05, 4.69) is 42.5 Å². The molecule has 0 radical (unpaired) electrons. The van der Waals surface area contributed by atoms with E-state index in [4.69, 9.17) is 9.97 Å². The fourth-order valence-electron chi connectivity index (χ4n) is 6.20. The lowest BCUT2D eigenvalue weighted by Gasteiger charge is -2.23. The minimum Gasteiger partial charge on any atom is -0.309 e. The van der Waals surface area contributed by atoms with Gasteiger partial charge in [0.05, 0.1) is 11.0 Å². The van der Waals surface area contributed by atoms with Crippen LogP contribution < -0.4 is 15.9 Å². The molecule has 0 amide bonds. The van der Waals surface area contributed by atoms with E-state index in [0.717, 1.165) is 70.7 Å². The van der Waals surface area contributed by atoms with E-state index in [1.54, 1.807) is 0 Å². The third-order valence-electron chi connectivity index (χ3n) is 7.76. The van der Waals surface area contributed by atoms with Crippen molar-refractivity contribution in [2.75, 3.05) is 0 Å². The Hall–Kier alpha value is -4.59. The van der Waals surface area contributed by atoms with Gasteiger partial charge in [-0.25, -0.2) is 0 Å². The molecule has 0 saturated carbocycles. The summed E-state index contributed by atoms with van der Waals surface area (Å²) in [6.07, 6.45) is 3.68. The normalized spacial score (nSPS) is 13.6. The Labute approximate surface area is 219 Å². The van der Waals surface area contributed by atoms with Crippen molar-refractivity contribution in [3.8, 4) is 22.3 Å². The van der Waals surface area contributed by atoms with Gasteiger partial charge >= 0.3 is 0 Å². The van der Waals surface area contributed by atoms with E-state index in [1.807, 2.05) is 85.2 Å². The quantitative estimate of drug-likeness (QED) is 0.175. The summed E-state index contributed by atoms with van der Waals surface area (Å²) in [5.41, 5.74) is 5.69. The highest BCUT2D eigenvalue weighted by atomic mass is 31.2. The zero-order chi connectivity index (χ0) is 25.3. The number of nitrogens with zero attached hydrogens (tertiary/aromatic N) is 2. The Morgan fingerprint density at radius 3 is 1.55 bits per heavy atom. The summed E-state index contributed by atoms with van der Waals surface area (Å²) in [6, 6.07) is 38.9. The molecule has 4 heteroatoms. The van der Waals surface area contributed by atoms with Crippen LogP contribution in [0.5, 0.6) is 0 Å². The average molecular weight is 505 g/mol. The van der Waals surface area contributed by atoms with Crippen LogP contribution in [0.1, 0.15) is 0 Å². The van der Waals surface area contributed by atoms with Gasteiger partial charge in [0.15, 0.2) is 7.14 Å². The molecule has 0 N–H and O–H groups in total. The summed E-state index contributed by atoms with van der Waals surface area (Å²) in [7, 11) is -3.33. The van der Waals surface area contributed by atoms with Gasteiger partial charge in [-0.3, -0.25) is 9.97 Å². The topological polar surface area (TPSA) is 42.9 Å². The first-order valence-electron chi connectivity index (χ1n) is 12.7. The molecule has 0 atom stereocenters. The van der Waals surface area contributed by atoms with Crippen LogP contribution in [-0.2, 0) is 4.57 Å². The van der Waals surface area contributed by atoms with Gasteiger partial charge in [-0.2, -0.15) is 0 Å². The first-order chi connectivity index (χ1) is 18.8. The smallest absolute Gasteiger partial charge is 0.172 e. The highest BCUT2D eigenvalue weighted by Gasteiger charge is 2.39. The second-order valence-corrected chi connectivity index (χ2v) is 12.4. The summed E-state index contributed by atoms with van der Waals surface area (Å²) >= 11 is 0. The predicted molar refractivity (Wildman–Crippen MR) is 158 cm³/mol. The van der Waals surface area contributed by atoms with Crippen molar-refractivity contribution in [2.24, 2.45) is 0 Å². The van der Waals surface area contributed by atoms with Crippen molar-refractivity contribution >= 4 is 55.6 Å². The molecule has 0 aliphatic carbocycles. The highest BCUT2D eigenvalue weighted by Crippen LogP contribution is 2.54. The Balaban J connectivity index is 1.66. The van der Waals surface area contributed by atoms with Crippen molar-refractivity contribution in [1.29, 1.82) is 0 Å². The lowest BCUT2D eigenvalue weighted by molar-refractivity contribution is 0.593. The molecule has 7 aromatic rings. The Kier molecular flexibility index (Phi) is 4.50. The van der Waals surface area contributed by atoms with E-state index in [0.29, 0.717) is 0 Å². The molecule has 0 fully saturated rings. The van der Waals surface area contributed by atoms with Gasteiger partial charge < -0.3 is 4.57 Å². The molecule has 38 heavy (non-hydrogen) atoms. The Morgan fingerprint density at radius 1 is 0.447 bits per heavy atom.